The van der Waals surface area contributed by atoms with Gasteiger partial charge in [-0.2, -0.15) is 0 Å². The monoisotopic (exact) mass is 429 g/mol. The fourth-order valence-electron chi connectivity index (χ4n) is 3.92. The highest BCUT2D eigenvalue weighted by molar-refractivity contribution is 5.99. The number of rotatable bonds is 6. The van der Waals surface area contributed by atoms with Crippen LogP contribution in [0.1, 0.15) is 28.8 Å². The Hall–Kier alpha value is -2.82. The van der Waals surface area contributed by atoms with Gasteiger partial charge in [-0.3, -0.25) is 4.79 Å². The molecule has 10 nitrogen and oxygen atoms in total. The van der Waals surface area contributed by atoms with E-state index in [0.717, 1.165) is 0 Å². The van der Waals surface area contributed by atoms with E-state index in [1.807, 2.05) is 0 Å². The van der Waals surface area contributed by atoms with Crippen LogP contribution in [0.15, 0.2) is 65.8 Å². The first-order valence-corrected chi connectivity index (χ1v) is 9.53. The average Bonchev–Trinajstić information content (AvgIpc) is 2.80. The van der Waals surface area contributed by atoms with Crippen molar-refractivity contribution in [2.24, 2.45) is 5.11 Å². The Morgan fingerprint density at radius 2 is 1.65 bits per heavy atom. The molecule has 2 aromatic rings. The molecule has 0 radical (unpaired) electrons. The number of hydrogen-bond acceptors (Lipinski definition) is 8. The maximum absolute atomic E-state index is 12.7. The van der Waals surface area contributed by atoms with E-state index < -0.39 is 47.6 Å². The van der Waals surface area contributed by atoms with E-state index in [2.05, 4.69) is 10.0 Å². The lowest BCUT2D eigenvalue weighted by Crippen LogP contribution is -2.76. The molecule has 0 spiro atoms. The molecule has 5 N–H and O–H groups in total. The van der Waals surface area contributed by atoms with Crippen molar-refractivity contribution >= 4 is 5.78 Å². The smallest absolute Gasteiger partial charge is 0.226 e. The van der Waals surface area contributed by atoms with Gasteiger partial charge < -0.3 is 30.3 Å². The van der Waals surface area contributed by atoms with Crippen molar-refractivity contribution in [3.8, 4) is 0 Å². The van der Waals surface area contributed by atoms with Crippen molar-refractivity contribution < 1.29 is 35.1 Å². The van der Waals surface area contributed by atoms with E-state index in [-0.39, 0.29) is 5.56 Å². The highest BCUT2D eigenvalue weighted by atomic mass is 16.6. The SMILES string of the molecule is CC(c1ccccc1)[C@]1(O)[C@H](O)[C@@H](C(O)C(=O)c2ccccc2)OC(O)[C@@]1(O)N=[N+]=[N-]. The van der Waals surface area contributed by atoms with Crippen LogP contribution < -0.4 is 0 Å². The zero-order valence-corrected chi connectivity index (χ0v) is 16.6. The maximum atomic E-state index is 12.7. The number of benzene rings is 2. The lowest BCUT2D eigenvalue weighted by Gasteiger charge is -2.54. The third-order valence-electron chi connectivity index (χ3n) is 5.78. The summed E-state index contributed by atoms with van der Waals surface area (Å²) in [6.07, 6.45) is -8.33. The first kappa shape index (κ1) is 22.9. The molecular weight excluding hydrogens is 406 g/mol. The van der Waals surface area contributed by atoms with Gasteiger partial charge in [0.1, 0.15) is 23.9 Å². The minimum Gasteiger partial charge on any atom is -0.387 e. The highest BCUT2D eigenvalue weighted by Gasteiger charge is 2.68. The number of carbonyl (C=O) groups excluding carboxylic acids is 1. The molecule has 1 fully saturated rings. The highest BCUT2D eigenvalue weighted by Crippen LogP contribution is 2.47. The van der Waals surface area contributed by atoms with Gasteiger partial charge in [-0.25, -0.2) is 0 Å². The van der Waals surface area contributed by atoms with Crippen LogP contribution in [0.2, 0.25) is 0 Å². The van der Waals surface area contributed by atoms with Gasteiger partial charge in [0, 0.05) is 16.4 Å². The van der Waals surface area contributed by atoms with Gasteiger partial charge in [-0.05, 0) is 11.1 Å². The van der Waals surface area contributed by atoms with Gasteiger partial charge in [0.25, 0.3) is 0 Å². The van der Waals surface area contributed by atoms with E-state index in [0.29, 0.717) is 5.56 Å². The number of ketones is 1. The van der Waals surface area contributed by atoms with Crippen molar-refractivity contribution in [2.75, 3.05) is 0 Å². The fourth-order valence-corrected chi connectivity index (χ4v) is 3.92. The lowest BCUT2D eigenvalue weighted by atomic mass is 9.68. The Morgan fingerprint density at radius 3 is 2.19 bits per heavy atom. The van der Waals surface area contributed by atoms with Crippen LogP contribution in [-0.4, -0.2) is 67.2 Å². The number of nitrogens with zero attached hydrogens (tertiary/aromatic N) is 3. The molecular formula is C21H23N3O7. The first-order valence-electron chi connectivity index (χ1n) is 9.53. The van der Waals surface area contributed by atoms with E-state index in [4.69, 9.17) is 10.3 Å². The molecule has 7 atom stereocenters. The summed E-state index contributed by atoms with van der Waals surface area (Å²) in [5, 5.41) is 57.7. The number of Topliss-reactive ketones (excluding diaryl/α,β-unsaturated/α-hetero) is 1. The summed E-state index contributed by atoms with van der Waals surface area (Å²) in [4.78, 5) is 15.2. The summed E-state index contributed by atoms with van der Waals surface area (Å²) in [5.41, 5.74) is 3.69. The standard InChI is InChI=1S/C21H23N3O7/c1-12(13-8-4-2-5-9-13)20(29)18(27)17(31-19(28)21(20,30)23-24-22)16(26)15(25)14-10-6-3-7-11-14/h2-12,16-19,26-30H,1H3/t12?,16?,17-,18-,19?,20+,21+/m1/s1. The third kappa shape index (κ3) is 3.71. The molecule has 3 rings (SSSR count). The topological polar surface area (TPSA) is 176 Å². The summed E-state index contributed by atoms with van der Waals surface area (Å²) in [7, 11) is 0. The van der Waals surface area contributed by atoms with Crippen LogP contribution in [0.4, 0.5) is 0 Å². The Labute approximate surface area is 177 Å². The van der Waals surface area contributed by atoms with E-state index in [9.17, 15) is 30.3 Å². The Balaban J connectivity index is 2.07. The van der Waals surface area contributed by atoms with Crippen LogP contribution in [-0.2, 0) is 4.74 Å². The van der Waals surface area contributed by atoms with Crippen LogP contribution in [0, 0.1) is 0 Å². The van der Waals surface area contributed by atoms with Crippen LogP contribution >= 0.6 is 0 Å². The van der Waals surface area contributed by atoms with Gasteiger partial charge in [0.05, 0.1) is 0 Å². The van der Waals surface area contributed by atoms with E-state index in [1.54, 1.807) is 48.5 Å². The van der Waals surface area contributed by atoms with Crippen molar-refractivity contribution in [2.45, 2.75) is 48.8 Å². The molecule has 31 heavy (non-hydrogen) atoms. The minimum atomic E-state index is -3.03. The van der Waals surface area contributed by atoms with Gasteiger partial charge in [-0.1, -0.05) is 72.7 Å². The molecule has 0 aromatic heterocycles. The number of carbonyl (C=O) groups is 1. The second kappa shape index (κ2) is 8.74. The summed E-state index contributed by atoms with van der Waals surface area (Å²) < 4.78 is 5.11. The molecule has 0 saturated carbocycles. The summed E-state index contributed by atoms with van der Waals surface area (Å²) in [6, 6.07) is 15.9. The Kier molecular flexibility index (Phi) is 6.44. The van der Waals surface area contributed by atoms with Crippen LogP contribution in [0.5, 0.6) is 0 Å². The normalized spacial score (nSPS) is 32.5. The van der Waals surface area contributed by atoms with Gasteiger partial charge in [0.15, 0.2) is 12.1 Å². The zero-order chi connectivity index (χ0) is 22.8. The average molecular weight is 429 g/mol. The predicted molar refractivity (Wildman–Crippen MR) is 108 cm³/mol. The summed E-state index contributed by atoms with van der Waals surface area (Å²) in [5.74, 6) is -1.96. The third-order valence-corrected chi connectivity index (χ3v) is 5.78. The maximum Gasteiger partial charge on any atom is 0.226 e. The van der Waals surface area contributed by atoms with Gasteiger partial charge >= 0.3 is 0 Å². The van der Waals surface area contributed by atoms with Crippen molar-refractivity contribution in [3.63, 3.8) is 0 Å². The van der Waals surface area contributed by atoms with Crippen molar-refractivity contribution in [1.82, 2.24) is 0 Å². The Morgan fingerprint density at radius 1 is 1.10 bits per heavy atom. The molecule has 2 aromatic carbocycles. The molecule has 3 unspecified atom stereocenters. The predicted octanol–water partition coefficient (Wildman–Crippen LogP) is 0.842. The second-order valence-corrected chi connectivity index (χ2v) is 7.45. The fraction of sp³-hybridized carbons (Fsp3) is 0.381. The van der Waals surface area contributed by atoms with Crippen LogP contribution in [0.25, 0.3) is 10.4 Å². The van der Waals surface area contributed by atoms with Crippen molar-refractivity contribution in [3.05, 3.63) is 82.2 Å². The Bertz CT molecular complexity index is 969. The van der Waals surface area contributed by atoms with E-state index >= 15 is 0 Å². The summed E-state index contributed by atoms with van der Waals surface area (Å²) in [6.45, 7) is 1.43. The largest absolute Gasteiger partial charge is 0.387 e. The first-order chi connectivity index (χ1) is 14.7. The summed E-state index contributed by atoms with van der Waals surface area (Å²) >= 11 is 0. The molecule has 1 aliphatic heterocycles. The second-order valence-electron chi connectivity index (χ2n) is 7.45. The molecule has 164 valence electrons. The van der Waals surface area contributed by atoms with E-state index in [1.165, 1.54) is 19.1 Å². The molecule has 0 bridgehead atoms. The van der Waals surface area contributed by atoms with Gasteiger partial charge in [0.2, 0.25) is 5.72 Å². The molecule has 0 aliphatic carbocycles. The molecule has 10 heteroatoms. The number of aliphatic hydroxyl groups is 5. The zero-order valence-electron chi connectivity index (χ0n) is 16.6. The lowest BCUT2D eigenvalue weighted by molar-refractivity contribution is -0.370. The van der Waals surface area contributed by atoms with Crippen LogP contribution in [0.3, 0.4) is 0 Å². The number of aliphatic hydroxyl groups excluding tert-OH is 3. The molecule has 1 saturated heterocycles. The van der Waals surface area contributed by atoms with Gasteiger partial charge in [-0.15, -0.1) is 0 Å². The quantitative estimate of drug-likeness (QED) is 0.195. The van der Waals surface area contributed by atoms with Crippen molar-refractivity contribution in [1.29, 1.82) is 0 Å². The molecule has 1 aliphatic rings. The molecule has 1 heterocycles. The minimum absolute atomic E-state index is 0.107. The number of azide groups is 1. The number of hydrogen-bond donors (Lipinski definition) is 5. The molecule has 0 amide bonds. The number of ether oxygens (including phenoxy) is 1.